The van der Waals surface area contributed by atoms with Crippen LogP contribution in [0.4, 0.5) is 5.69 Å². The summed E-state index contributed by atoms with van der Waals surface area (Å²) in [6.07, 6.45) is 2.02. The van der Waals surface area contributed by atoms with E-state index >= 15 is 0 Å². The molecule has 0 saturated carbocycles. The number of hydrogen-bond acceptors (Lipinski definition) is 3. The number of rotatable bonds is 6. The molecule has 2 N–H and O–H groups in total. The van der Waals surface area contributed by atoms with E-state index in [-0.39, 0.29) is 0 Å². The van der Waals surface area contributed by atoms with E-state index in [9.17, 15) is 18.3 Å². The Labute approximate surface area is 165 Å². The van der Waals surface area contributed by atoms with Crippen molar-refractivity contribution in [3.05, 3.63) is 22.3 Å². The summed E-state index contributed by atoms with van der Waals surface area (Å²) < 4.78 is 28.0. The topological polar surface area (TPSA) is 83.5 Å². The molecule has 0 saturated heterocycles. The molecule has 0 bridgehead atoms. The van der Waals surface area contributed by atoms with Crippen LogP contribution in [0.3, 0.4) is 0 Å². The second-order valence-electron chi connectivity index (χ2n) is 4.53. The predicted octanol–water partition coefficient (Wildman–Crippen LogP) is 3.53. The molecule has 0 amide bonds. The number of benzene rings is 1. The molecular formula is C12H14I3NO4S. The summed E-state index contributed by atoms with van der Waals surface area (Å²) in [4.78, 5) is 11.2. The van der Waals surface area contributed by atoms with Gasteiger partial charge in [0.2, 0.25) is 10.0 Å². The van der Waals surface area contributed by atoms with Gasteiger partial charge in [-0.1, -0.05) is 6.92 Å². The van der Waals surface area contributed by atoms with Gasteiger partial charge in [0.05, 0.1) is 17.9 Å². The summed E-state index contributed by atoms with van der Waals surface area (Å²) in [6, 6.07) is 1.86. The Hall–Kier alpha value is 0.630. The highest BCUT2D eigenvalue weighted by Crippen LogP contribution is 2.34. The van der Waals surface area contributed by atoms with Gasteiger partial charge in [0.15, 0.2) is 0 Å². The van der Waals surface area contributed by atoms with Crippen LogP contribution in [0.15, 0.2) is 6.07 Å². The largest absolute Gasteiger partial charge is 0.481 e. The van der Waals surface area contributed by atoms with Crippen LogP contribution in [-0.2, 0) is 21.2 Å². The van der Waals surface area contributed by atoms with Crippen LogP contribution in [0.5, 0.6) is 0 Å². The molecule has 1 aromatic rings. The molecule has 0 radical (unpaired) electrons. The molecular weight excluding hydrogens is 635 g/mol. The Morgan fingerprint density at radius 2 is 1.90 bits per heavy atom. The van der Waals surface area contributed by atoms with Gasteiger partial charge >= 0.3 is 5.97 Å². The lowest BCUT2D eigenvalue weighted by molar-refractivity contribution is -0.141. The molecule has 1 atom stereocenters. The Bertz CT molecular complexity index is 661. The maximum absolute atomic E-state index is 11.5. The van der Waals surface area contributed by atoms with Crippen molar-refractivity contribution in [1.29, 1.82) is 0 Å². The minimum Gasteiger partial charge on any atom is -0.481 e. The van der Waals surface area contributed by atoms with E-state index in [2.05, 4.69) is 72.5 Å². The molecule has 0 aliphatic heterocycles. The van der Waals surface area contributed by atoms with Gasteiger partial charge in [-0.2, -0.15) is 0 Å². The molecule has 0 aliphatic carbocycles. The molecule has 1 rings (SSSR count). The Morgan fingerprint density at radius 1 is 1.33 bits per heavy atom. The molecule has 0 heterocycles. The third kappa shape index (κ3) is 5.64. The zero-order valence-electron chi connectivity index (χ0n) is 11.3. The molecule has 1 aromatic carbocycles. The summed E-state index contributed by atoms with van der Waals surface area (Å²) in [6.45, 7) is 1.83. The third-order valence-corrected chi connectivity index (χ3v) is 6.42. The number of carboxylic acids is 1. The summed E-state index contributed by atoms with van der Waals surface area (Å²) >= 11 is 6.31. The van der Waals surface area contributed by atoms with Crippen LogP contribution in [0, 0.1) is 16.6 Å². The van der Waals surface area contributed by atoms with Gasteiger partial charge in [-0.3, -0.25) is 9.52 Å². The SMILES string of the molecule is CCC(Cc1c(I)cc(I)c(NS(C)(=O)=O)c1I)C(=O)O. The summed E-state index contributed by atoms with van der Waals surface area (Å²) in [5, 5.41) is 9.21. The maximum Gasteiger partial charge on any atom is 0.306 e. The van der Waals surface area contributed by atoms with E-state index in [0.717, 1.165) is 22.5 Å². The van der Waals surface area contributed by atoms with Crippen molar-refractivity contribution < 1.29 is 18.3 Å². The van der Waals surface area contributed by atoms with E-state index in [1.54, 1.807) is 0 Å². The molecule has 118 valence electrons. The van der Waals surface area contributed by atoms with Gasteiger partial charge in [0.25, 0.3) is 0 Å². The summed E-state index contributed by atoms with van der Waals surface area (Å²) in [5.41, 5.74) is 1.39. The number of carboxylic acid groups (broad SMARTS) is 1. The van der Waals surface area contributed by atoms with Gasteiger partial charge in [0, 0.05) is 10.7 Å². The molecule has 5 nitrogen and oxygen atoms in total. The lowest BCUT2D eigenvalue weighted by Crippen LogP contribution is -2.18. The summed E-state index contributed by atoms with van der Waals surface area (Å²) in [5.74, 6) is -1.31. The van der Waals surface area contributed by atoms with Crippen molar-refractivity contribution in [2.24, 2.45) is 5.92 Å². The van der Waals surface area contributed by atoms with Gasteiger partial charge in [-0.25, -0.2) is 8.42 Å². The van der Waals surface area contributed by atoms with Crippen LogP contribution in [0.1, 0.15) is 18.9 Å². The first-order valence-corrected chi connectivity index (χ1v) is 11.1. The van der Waals surface area contributed by atoms with Crippen LogP contribution in [0.2, 0.25) is 0 Å². The number of sulfonamides is 1. The Morgan fingerprint density at radius 3 is 2.33 bits per heavy atom. The molecule has 0 spiro atoms. The van der Waals surface area contributed by atoms with Crippen molar-refractivity contribution in [3.8, 4) is 0 Å². The minimum absolute atomic E-state index is 0.387. The highest BCUT2D eigenvalue weighted by molar-refractivity contribution is 14.1. The molecule has 9 heteroatoms. The van der Waals surface area contributed by atoms with Gasteiger partial charge in [0.1, 0.15) is 0 Å². The van der Waals surface area contributed by atoms with E-state index in [1.165, 1.54) is 0 Å². The number of halogens is 3. The lowest BCUT2D eigenvalue weighted by Gasteiger charge is -2.17. The molecule has 0 fully saturated rings. The van der Waals surface area contributed by atoms with Gasteiger partial charge < -0.3 is 5.11 Å². The zero-order chi connectivity index (χ0) is 16.4. The van der Waals surface area contributed by atoms with Crippen LogP contribution >= 0.6 is 67.8 Å². The smallest absolute Gasteiger partial charge is 0.306 e. The fourth-order valence-electron chi connectivity index (χ4n) is 1.75. The van der Waals surface area contributed by atoms with Crippen molar-refractivity contribution in [3.63, 3.8) is 0 Å². The summed E-state index contributed by atoms with van der Waals surface area (Å²) in [7, 11) is -3.38. The quantitative estimate of drug-likeness (QED) is 0.463. The van der Waals surface area contributed by atoms with Crippen molar-refractivity contribution >= 4 is 89.5 Å². The fraction of sp³-hybridized carbons (Fsp3) is 0.417. The van der Waals surface area contributed by atoms with Crippen LogP contribution in [-0.4, -0.2) is 25.7 Å². The van der Waals surface area contributed by atoms with E-state index < -0.39 is 21.9 Å². The first-order valence-electron chi connectivity index (χ1n) is 5.93. The number of carbonyl (C=O) groups is 1. The Kier molecular flexibility index (Phi) is 7.44. The highest BCUT2D eigenvalue weighted by Gasteiger charge is 2.22. The van der Waals surface area contributed by atoms with Gasteiger partial charge in [-0.05, 0) is 92.2 Å². The second-order valence-corrected chi connectivity index (χ2v) is 9.68. The number of nitrogens with one attached hydrogen (secondary N) is 1. The first-order chi connectivity index (χ1) is 9.56. The highest BCUT2D eigenvalue weighted by atomic mass is 127. The van der Waals surface area contributed by atoms with E-state index in [0.29, 0.717) is 18.5 Å². The van der Waals surface area contributed by atoms with E-state index in [4.69, 9.17) is 0 Å². The number of hydrogen-bond donors (Lipinski definition) is 2. The molecule has 0 aliphatic rings. The standard InChI is InChI=1S/C12H14I3NO4S/c1-3-6(12(17)18)4-7-8(13)5-9(14)11(10(7)15)16-21(2,19)20/h5-6,16H,3-4H2,1-2H3,(H,17,18). The number of anilines is 1. The minimum atomic E-state index is -3.38. The van der Waals surface area contributed by atoms with E-state index in [1.807, 2.05) is 13.0 Å². The fourth-order valence-corrected chi connectivity index (χ4v) is 6.78. The second kappa shape index (κ2) is 7.95. The third-order valence-electron chi connectivity index (χ3n) is 2.85. The maximum atomic E-state index is 11.5. The average molecular weight is 649 g/mol. The van der Waals surface area contributed by atoms with Crippen LogP contribution < -0.4 is 4.72 Å². The zero-order valence-corrected chi connectivity index (χ0v) is 18.6. The van der Waals surface area contributed by atoms with Crippen LogP contribution in [0.25, 0.3) is 0 Å². The van der Waals surface area contributed by atoms with Crippen molar-refractivity contribution in [2.45, 2.75) is 19.8 Å². The normalized spacial score (nSPS) is 13.0. The lowest BCUT2D eigenvalue weighted by atomic mass is 9.97. The average Bonchev–Trinajstić information content (AvgIpc) is 2.33. The predicted molar refractivity (Wildman–Crippen MR) is 108 cm³/mol. The molecule has 0 aromatic heterocycles. The monoisotopic (exact) mass is 649 g/mol. The Balaban J connectivity index is 3.33. The molecule has 1 unspecified atom stereocenters. The van der Waals surface area contributed by atoms with Crippen molar-refractivity contribution in [2.75, 3.05) is 11.0 Å². The first kappa shape index (κ1) is 19.7. The van der Waals surface area contributed by atoms with Crippen molar-refractivity contribution in [1.82, 2.24) is 0 Å². The number of aliphatic carboxylic acids is 1. The molecule has 21 heavy (non-hydrogen) atoms. The van der Waals surface area contributed by atoms with Gasteiger partial charge in [-0.15, -0.1) is 0 Å².